The van der Waals surface area contributed by atoms with E-state index in [1.807, 2.05) is 31.2 Å². The van der Waals surface area contributed by atoms with E-state index in [1.54, 1.807) is 0 Å². The van der Waals surface area contributed by atoms with E-state index >= 15 is 0 Å². The van der Waals surface area contributed by atoms with Crippen LogP contribution in [0, 0.1) is 12.8 Å². The van der Waals surface area contributed by atoms with Gasteiger partial charge in [-0.05, 0) is 25.3 Å². The number of benzene rings is 1. The number of esters is 1. The monoisotopic (exact) mass is 465 g/mol. The zero-order valence-electron chi connectivity index (χ0n) is 20.3. The average Bonchev–Trinajstić information content (AvgIpc) is 3.09. The smallest absolute Gasteiger partial charge is 0.317 e. The van der Waals surface area contributed by atoms with Crippen LogP contribution in [-0.2, 0) is 26.2 Å². The predicted molar refractivity (Wildman–Crippen MR) is 128 cm³/mol. The number of fused-ring (bicyclic) bond motifs is 3. The van der Waals surface area contributed by atoms with Crippen LogP contribution in [0.15, 0.2) is 40.9 Å². The highest BCUT2D eigenvalue weighted by Crippen LogP contribution is 2.42. The fourth-order valence-corrected chi connectivity index (χ4v) is 6.65. The van der Waals surface area contributed by atoms with Crippen molar-refractivity contribution in [2.24, 2.45) is 5.92 Å². The lowest BCUT2D eigenvalue weighted by Gasteiger charge is -2.52. The third-order valence-corrected chi connectivity index (χ3v) is 8.53. The van der Waals surface area contributed by atoms with Crippen molar-refractivity contribution in [2.75, 3.05) is 26.2 Å². The number of piperidine rings is 3. The van der Waals surface area contributed by atoms with Gasteiger partial charge in [-0.15, -0.1) is 0 Å². The van der Waals surface area contributed by atoms with Crippen LogP contribution in [0.25, 0.3) is 0 Å². The Hall–Kier alpha value is -2.47. The summed E-state index contributed by atoms with van der Waals surface area (Å²) < 4.78 is 12.4. The van der Waals surface area contributed by atoms with Crippen LogP contribution in [-0.4, -0.2) is 53.7 Å². The van der Waals surface area contributed by atoms with Crippen molar-refractivity contribution in [1.29, 1.82) is 0 Å². The van der Waals surface area contributed by atoms with Gasteiger partial charge in [0.25, 0.3) is 0 Å². The SMILES string of the molecule is Cc1cc(CC(=O)C[N+]23CCC(CC2)[C@@H](OC(=O)C2(c4ccccc4)CCCCCC2)C3)on1. The topological polar surface area (TPSA) is 69.4 Å². The first-order valence-corrected chi connectivity index (χ1v) is 13.0. The molecule has 1 aromatic carbocycles. The Balaban J connectivity index is 1.30. The lowest BCUT2D eigenvalue weighted by atomic mass is 9.74. The minimum atomic E-state index is -0.533. The number of carbonyl (C=O) groups excluding carboxylic acids is 2. The molecule has 0 unspecified atom stereocenters. The van der Waals surface area contributed by atoms with E-state index in [-0.39, 0.29) is 24.3 Å². The third-order valence-electron chi connectivity index (χ3n) is 8.53. The summed E-state index contributed by atoms with van der Waals surface area (Å²) in [5, 5.41) is 3.90. The van der Waals surface area contributed by atoms with E-state index in [0.717, 1.165) is 73.9 Å². The first kappa shape index (κ1) is 23.3. The highest BCUT2D eigenvalue weighted by Gasteiger charge is 2.51. The summed E-state index contributed by atoms with van der Waals surface area (Å²) in [6.45, 7) is 5.07. The van der Waals surface area contributed by atoms with E-state index in [4.69, 9.17) is 9.26 Å². The van der Waals surface area contributed by atoms with Crippen molar-refractivity contribution in [1.82, 2.24) is 5.16 Å². The van der Waals surface area contributed by atoms with Crippen molar-refractivity contribution < 1.29 is 23.3 Å². The molecule has 34 heavy (non-hydrogen) atoms. The maximum Gasteiger partial charge on any atom is 0.317 e. The molecule has 6 heteroatoms. The second-order valence-corrected chi connectivity index (χ2v) is 10.9. The molecule has 4 aliphatic rings. The summed E-state index contributed by atoms with van der Waals surface area (Å²) in [6, 6.07) is 12.1. The number of rotatable bonds is 7. The normalized spacial score (nSPS) is 28.3. The molecular weight excluding hydrogens is 428 g/mol. The molecule has 2 bridgehead atoms. The lowest BCUT2D eigenvalue weighted by molar-refractivity contribution is -0.939. The molecule has 6 nitrogen and oxygen atoms in total. The van der Waals surface area contributed by atoms with Crippen LogP contribution >= 0.6 is 0 Å². The minimum Gasteiger partial charge on any atom is -0.455 e. The molecule has 3 aliphatic heterocycles. The van der Waals surface area contributed by atoms with Gasteiger partial charge in [0, 0.05) is 24.8 Å². The van der Waals surface area contributed by atoms with E-state index in [1.165, 1.54) is 12.8 Å². The number of hydrogen-bond acceptors (Lipinski definition) is 5. The quantitative estimate of drug-likeness (QED) is 0.341. The van der Waals surface area contributed by atoms with E-state index in [2.05, 4.69) is 17.3 Å². The first-order valence-electron chi connectivity index (χ1n) is 13.0. The van der Waals surface area contributed by atoms with Gasteiger partial charge in [-0.1, -0.05) is 61.2 Å². The molecule has 1 saturated carbocycles. The summed E-state index contributed by atoms with van der Waals surface area (Å²) in [5.41, 5.74) is 1.37. The van der Waals surface area contributed by atoms with Crippen molar-refractivity contribution in [3.05, 3.63) is 53.4 Å². The molecule has 0 amide bonds. The maximum absolute atomic E-state index is 13.9. The largest absolute Gasteiger partial charge is 0.455 e. The second kappa shape index (κ2) is 9.65. The Morgan fingerprint density at radius 3 is 2.44 bits per heavy atom. The minimum absolute atomic E-state index is 0.0408. The van der Waals surface area contributed by atoms with E-state index < -0.39 is 5.41 Å². The molecule has 4 fully saturated rings. The first-order chi connectivity index (χ1) is 16.5. The number of quaternary nitrogens is 1. The predicted octanol–water partition coefficient (Wildman–Crippen LogP) is 4.54. The Labute approximate surface area is 202 Å². The van der Waals surface area contributed by atoms with Crippen molar-refractivity contribution >= 4 is 11.8 Å². The van der Waals surface area contributed by atoms with E-state index in [0.29, 0.717) is 18.2 Å². The summed E-state index contributed by atoms with van der Waals surface area (Å²) in [5.74, 6) is 1.18. The molecule has 6 rings (SSSR count). The van der Waals surface area contributed by atoms with Crippen LogP contribution in [0.2, 0.25) is 0 Å². The number of aromatic nitrogens is 1. The lowest BCUT2D eigenvalue weighted by Crippen LogP contribution is -2.66. The highest BCUT2D eigenvalue weighted by atomic mass is 16.5. The van der Waals surface area contributed by atoms with Crippen molar-refractivity contribution in [3.63, 3.8) is 0 Å². The highest BCUT2D eigenvalue weighted by molar-refractivity contribution is 5.83. The van der Waals surface area contributed by atoms with Gasteiger partial charge in [-0.3, -0.25) is 9.59 Å². The average molecular weight is 466 g/mol. The van der Waals surface area contributed by atoms with Crippen molar-refractivity contribution in [2.45, 2.75) is 76.2 Å². The number of hydrogen-bond donors (Lipinski definition) is 0. The number of Topliss-reactive ketones (excluding diaryl/α,β-unsaturated/α-hetero) is 1. The summed E-state index contributed by atoms with van der Waals surface area (Å²) >= 11 is 0. The molecule has 1 atom stereocenters. The maximum atomic E-state index is 13.9. The Kier molecular flexibility index (Phi) is 6.61. The molecule has 0 radical (unpaired) electrons. The summed E-state index contributed by atoms with van der Waals surface area (Å²) in [7, 11) is 0. The van der Waals surface area contributed by atoms with Crippen LogP contribution in [0.3, 0.4) is 0 Å². The van der Waals surface area contributed by atoms with Crippen molar-refractivity contribution in [3.8, 4) is 0 Å². The van der Waals surface area contributed by atoms with Crippen LogP contribution < -0.4 is 0 Å². The molecule has 1 aliphatic carbocycles. The molecule has 3 saturated heterocycles. The third kappa shape index (κ3) is 4.70. The summed E-state index contributed by atoms with van der Waals surface area (Å²) in [6.07, 6.45) is 8.44. The number of nitrogens with zero attached hydrogens (tertiary/aromatic N) is 2. The molecule has 182 valence electrons. The van der Waals surface area contributed by atoms with E-state index in [9.17, 15) is 9.59 Å². The molecule has 1 aromatic heterocycles. The molecule has 0 spiro atoms. The standard InChI is InChI=1S/C28H37N2O4/c1-21-17-25(34-29-21)18-24(31)19-30-15-11-22(12-16-30)26(20-30)33-27(32)28(13-7-2-3-8-14-28)23-9-5-4-6-10-23/h4-6,9-10,17,22,26H,2-3,7-8,11-16,18-20H2,1H3/q+1/t22?,26-,30?/m0/s1. The Bertz CT molecular complexity index is 998. The molecule has 0 N–H and O–H groups in total. The zero-order chi connectivity index (χ0) is 23.6. The number of ketones is 1. The van der Waals surface area contributed by atoms with Crippen LogP contribution in [0.5, 0.6) is 0 Å². The molecule has 2 aromatic rings. The fraction of sp³-hybridized carbons (Fsp3) is 0.607. The van der Waals surface area contributed by atoms with Gasteiger partial charge in [0.05, 0.1) is 30.6 Å². The van der Waals surface area contributed by atoms with Crippen LogP contribution in [0.4, 0.5) is 0 Å². The molecular formula is C28H37N2O4+. The Morgan fingerprint density at radius 1 is 1.09 bits per heavy atom. The van der Waals surface area contributed by atoms with Gasteiger partial charge in [-0.25, -0.2) is 0 Å². The van der Waals surface area contributed by atoms with Gasteiger partial charge in [0.1, 0.15) is 18.8 Å². The number of carbonyl (C=O) groups is 2. The van der Waals surface area contributed by atoms with Gasteiger partial charge < -0.3 is 13.7 Å². The van der Waals surface area contributed by atoms with Gasteiger partial charge in [-0.2, -0.15) is 0 Å². The second-order valence-electron chi connectivity index (χ2n) is 10.9. The molecule has 4 heterocycles. The fourth-order valence-electron chi connectivity index (χ4n) is 6.65. The zero-order valence-corrected chi connectivity index (χ0v) is 20.3. The van der Waals surface area contributed by atoms with Gasteiger partial charge in [0.15, 0.2) is 11.9 Å². The number of aryl methyl sites for hydroxylation is 1. The van der Waals surface area contributed by atoms with Gasteiger partial charge in [0.2, 0.25) is 0 Å². The van der Waals surface area contributed by atoms with Crippen LogP contribution in [0.1, 0.15) is 68.4 Å². The number of ether oxygens (including phenoxy) is 1. The van der Waals surface area contributed by atoms with Gasteiger partial charge >= 0.3 is 5.97 Å². The Morgan fingerprint density at radius 2 is 1.79 bits per heavy atom. The summed E-state index contributed by atoms with van der Waals surface area (Å²) in [4.78, 5) is 26.8.